The van der Waals surface area contributed by atoms with Crippen molar-refractivity contribution in [1.29, 1.82) is 0 Å². The molecular weight excluding hydrogens is 277 g/mol. The summed E-state index contributed by atoms with van der Waals surface area (Å²) < 4.78 is 42.6. The van der Waals surface area contributed by atoms with Crippen molar-refractivity contribution in [2.45, 2.75) is 26.1 Å². The van der Waals surface area contributed by atoms with Gasteiger partial charge in [-0.25, -0.2) is 9.78 Å². The minimum Gasteiger partial charge on any atom is -0.467 e. The van der Waals surface area contributed by atoms with Crippen molar-refractivity contribution in [1.82, 2.24) is 9.97 Å². The molecule has 1 atom stereocenters. The van der Waals surface area contributed by atoms with Gasteiger partial charge in [-0.1, -0.05) is 0 Å². The predicted molar refractivity (Wildman–Crippen MR) is 66.3 cm³/mol. The molecule has 0 bridgehead atoms. The van der Waals surface area contributed by atoms with Gasteiger partial charge in [0.05, 0.1) is 7.11 Å². The number of halogens is 3. The van der Waals surface area contributed by atoms with E-state index in [9.17, 15) is 18.0 Å². The van der Waals surface area contributed by atoms with Gasteiger partial charge in [0.1, 0.15) is 11.9 Å². The molecule has 112 valence electrons. The summed E-state index contributed by atoms with van der Waals surface area (Å²) in [4.78, 5) is 18.5. The maximum atomic E-state index is 12.7. The number of aromatic nitrogens is 2. The van der Waals surface area contributed by atoms with E-state index in [2.05, 4.69) is 25.3 Å². The van der Waals surface area contributed by atoms with Crippen molar-refractivity contribution in [3.05, 3.63) is 11.8 Å². The standard InChI is InChI=1S/C11H15F3N4O2/c1-4-15-10-17-7(11(12,13)14)5-8(18-10)16-6(2)9(19)20-3/h5-6H,4H2,1-3H3,(H2,15,16,17,18). The zero-order chi connectivity index (χ0) is 15.3. The molecule has 2 N–H and O–H groups in total. The summed E-state index contributed by atoms with van der Waals surface area (Å²) in [5.41, 5.74) is -1.09. The Bertz CT molecular complexity index is 479. The largest absolute Gasteiger partial charge is 0.467 e. The number of methoxy groups -OCH3 is 1. The lowest BCUT2D eigenvalue weighted by Gasteiger charge is -2.15. The summed E-state index contributed by atoms with van der Waals surface area (Å²) in [5.74, 6) is -0.884. The van der Waals surface area contributed by atoms with E-state index in [-0.39, 0.29) is 11.8 Å². The molecule has 0 spiro atoms. The molecule has 0 amide bonds. The number of anilines is 2. The SMILES string of the molecule is CCNc1nc(NC(C)C(=O)OC)cc(C(F)(F)F)n1. The van der Waals surface area contributed by atoms with Gasteiger partial charge in [0.2, 0.25) is 5.95 Å². The molecule has 6 nitrogen and oxygen atoms in total. The van der Waals surface area contributed by atoms with E-state index >= 15 is 0 Å². The summed E-state index contributed by atoms with van der Waals surface area (Å²) in [6, 6.07) is -0.0919. The molecule has 20 heavy (non-hydrogen) atoms. The normalized spacial score (nSPS) is 12.7. The van der Waals surface area contributed by atoms with Crippen LogP contribution in [0.2, 0.25) is 0 Å². The van der Waals surface area contributed by atoms with Crippen LogP contribution in [0.4, 0.5) is 24.9 Å². The minimum atomic E-state index is -4.60. The Balaban J connectivity index is 3.06. The van der Waals surface area contributed by atoms with E-state index in [0.717, 1.165) is 6.07 Å². The second-order valence-electron chi connectivity index (χ2n) is 3.88. The number of rotatable bonds is 5. The molecule has 0 saturated carbocycles. The van der Waals surface area contributed by atoms with Crippen LogP contribution in [0.15, 0.2) is 6.07 Å². The molecule has 0 aliphatic rings. The van der Waals surface area contributed by atoms with E-state index < -0.39 is 23.9 Å². The van der Waals surface area contributed by atoms with Gasteiger partial charge in [0.15, 0.2) is 5.69 Å². The van der Waals surface area contributed by atoms with Crippen molar-refractivity contribution in [2.75, 3.05) is 24.3 Å². The van der Waals surface area contributed by atoms with Crippen LogP contribution in [0.5, 0.6) is 0 Å². The van der Waals surface area contributed by atoms with Gasteiger partial charge >= 0.3 is 12.1 Å². The maximum Gasteiger partial charge on any atom is 0.433 e. The number of ether oxygens (including phenoxy) is 1. The highest BCUT2D eigenvalue weighted by Gasteiger charge is 2.34. The number of esters is 1. The van der Waals surface area contributed by atoms with Gasteiger partial charge in [-0.3, -0.25) is 0 Å². The number of alkyl halides is 3. The summed E-state index contributed by atoms with van der Waals surface area (Å²) >= 11 is 0. The summed E-state index contributed by atoms with van der Waals surface area (Å²) in [7, 11) is 1.19. The zero-order valence-electron chi connectivity index (χ0n) is 11.2. The van der Waals surface area contributed by atoms with Gasteiger partial charge < -0.3 is 15.4 Å². The van der Waals surface area contributed by atoms with Crippen LogP contribution >= 0.6 is 0 Å². The highest BCUT2D eigenvalue weighted by molar-refractivity contribution is 5.78. The fourth-order valence-electron chi connectivity index (χ4n) is 1.36. The third kappa shape index (κ3) is 4.25. The van der Waals surface area contributed by atoms with Gasteiger partial charge in [-0.2, -0.15) is 18.2 Å². The number of hydrogen-bond acceptors (Lipinski definition) is 6. The van der Waals surface area contributed by atoms with Crippen molar-refractivity contribution in [3.8, 4) is 0 Å². The Morgan fingerprint density at radius 1 is 1.45 bits per heavy atom. The molecule has 0 aliphatic heterocycles. The Morgan fingerprint density at radius 2 is 2.10 bits per heavy atom. The number of nitrogens with zero attached hydrogens (tertiary/aromatic N) is 2. The molecule has 1 rings (SSSR count). The van der Waals surface area contributed by atoms with Gasteiger partial charge in [-0.05, 0) is 13.8 Å². The summed E-state index contributed by atoms with van der Waals surface area (Å²) in [6.45, 7) is 3.52. The molecule has 9 heteroatoms. The van der Waals surface area contributed by atoms with Crippen molar-refractivity contribution >= 4 is 17.7 Å². The molecule has 0 saturated heterocycles. The topological polar surface area (TPSA) is 76.1 Å². The first-order valence-electron chi connectivity index (χ1n) is 5.82. The van der Waals surface area contributed by atoms with Gasteiger partial charge in [0, 0.05) is 12.6 Å². The number of carbonyl (C=O) groups excluding carboxylic acids is 1. The molecule has 0 aromatic carbocycles. The average Bonchev–Trinajstić information content (AvgIpc) is 2.36. The lowest BCUT2D eigenvalue weighted by molar-refractivity contribution is -0.141. The second kappa shape index (κ2) is 6.40. The van der Waals surface area contributed by atoms with Crippen LogP contribution in [0, 0.1) is 0 Å². The van der Waals surface area contributed by atoms with Crippen molar-refractivity contribution < 1.29 is 22.7 Å². The maximum absolute atomic E-state index is 12.7. The van der Waals surface area contributed by atoms with E-state index in [1.807, 2.05) is 0 Å². The number of hydrogen-bond donors (Lipinski definition) is 2. The fraction of sp³-hybridized carbons (Fsp3) is 0.545. The molecule has 1 aromatic heterocycles. The summed E-state index contributed by atoms with van der Waals surface area (Å²) in [5, 5.41) is 5.14. The van der Waals surface area contributed by atoms with E-state index in [1.54, 1.807) is 6.92 Å². The molecule has 1 aromatic rings. The minimum absolute atomic E-state index is 0.110. The summed E-state index contributed by atoms with van der Waals surface area (Å²) in [6.07, 6.45) is -4.60. The predicted octanol–water partition coefficient (Wildman–Crippen LogP) is 1.90. The first-order valence-corrected chi connectivity index (χ1v) is 5.82. The second-order valence-corrected chi connectivity index (χ2v) is 3.88. The Labute approximate surface area is 113 Å². The fourth-order valence-corrected chi connectivity index (χ4v) is 1.36. The Hall–Kier alpha value is -2.06. The van der Waals surface area contributed by atoms with E-state index in [1.165, 1.54) is 14.0 Å². The zero-order valence-corrected chi connectivity index (χ0v) is 11.2. The smallest absolute Gasteiger partial charge is 0.433 e. The third-order valence-corrected chi connectivity index (χ3v) is 2.27. The lowest BCUT2D eigenvalue weighted by atomic mass is 10.3. The Kier molecular flexibility index (Phi) is 5.12. The highest BCUT2D eigenvalue weighted by Crippen LogP contribution is 2.29. The molecular formula is C11H15F3N4O2. The van der Waals surface area contributed by atoms with E-state index in [0.29, 0.717) is 6.54 Å². The molecule has 1 unspecified atom stereocenters. The molecule has 1 heterocycles. The molecule has 0 aliphatic carbocycles. The van der Waals surface area contributed by atoms with Crippen molar-refractivity contribution in [2.24, 2.45) is 0 Å². The monoisotopic (exact) mass is 292 g/mol. The highest BCUT2D eigenvalue weighted by atomic mass is 19.4. The Morgan fingerprint density at radius 3 is 2.60 bits per heavy atom. The lowest BCUT2D eigenvalue weighted by Crippen LogP contribution is -2.28. The molecule has 0 radical (unpaired) electrons. The molecule has 0 fully saturated rings. The van der Waals surface area contributed by atoms with Crippen LogP contribution < -0.4 is 10.6 Å². The van der Waals surface area contributed by atoms with E-state index in [4.69, 9.17) is 0 Å². The first-order chi connectivity index (χ1) is 9.27. The number of carbonyl (C=O) groups is 1. The van der Waals surface area contributed by atoms with Gasteiger partial charge in [-0.15, -0.1) is 0 Å². The third-order valence-electron chi connectivity index (χ3n) is 2.27. The van der Waals surface area contributed by atoms with Gasteiger partial charge in [0.25, 0.3) is 0 Å². The van der Waals surface area contributed by atoms with Crippen LogP contribution in [-0.4, -0.2) is 35.6 Å². The van der Waals surface area contributed by atoms with Crippen LogP contribution in [0.1, 0.15) is 19.5 Å². The first kappa shape index (κ1) is 16.0. The van der Waals surface area contributed by atoms with Crippen LogP contribution in [0.25, 0.3) is 0 Å². The average molecular weight is 292 g/mol. The van der Waals surface area contributed by atoms with Crippen LogP contribution in [-0.2, 0) is 15.7 Å². The van der Waals surface area contributed by atoms with Crippen LogP contribution in [0.3, 0.4) is 0 Å². The number of nitrogens with one attached hydrogen (secondary N) is 2. The van der Waals surface area contributed by atoms with Crippen molar-refractivity contribution in [3.63, 3.8) is 0 Å². The quantitative estimate of drug-likeness (QED) is 0.807.